The fourth-order valence-electron chi connectivity index (χ4n) is 1.32. The fraction of sp³-hybridized carbons (Fsp3) is 0.214. The molecule has 2 nitrogen and oxygen atoms in total. The summed E-state index contributed by atoms with van der Waals surface area (Å²) in [6.07, 6.45) is 5.25. The Bertz CT molecular complexity index is 402. The minimum atomic E-state index is 0.0394. The van der Waals surface area contributed by atoms with Crippen molar-refractivity contribution >= 4 is 11.9 Å². The molecule has 0 aliphatic carbocycles. The van der Waals surface area contributed by atoms with Crippen LogP contribution < -0.4 is 0 Å². The summed E-state index contributed by atoms with van der Waals surface area (Å²) in [6.45, 7) is 1.82. The number of hydrogen-bond acceptors (Lipinski definition) is 2. The summed E-state index contributed by atoms with van der Waals surface area (Å²) in [6, 6.07) is 9.79. The lowest BCUT2D eigenvalue weighted by Crippen LogP contribution is -2.05. The topological polar surface area (TPSA) is 20.3 Å². The molecule has 0 aromatic heterocycles. The Morgan fingerprint density at radius 3 is 2.38 bits per heavy atom. The summed E-state index contributed by atoms with van der Waals surface area (Å²) in [5.74, 6) is 0.0394. The molecule has 2 heteroatoms. The molecule has 0 N–H and O–H groups in total. The van der Waals surface area contributed by atoms with E-state index in [1.807, 2.05) is 68.5 Å². The first-order chi connectivity index (χ1) is 7.59. The van der Waals surface area contributed by atoms with Gasteiger partial charge in [-0.05, 0) is 18.6 Å². The van der Waals surface area contributed by atoms with Gasteiger partial charge in [-0.25, -0.2) is 0 Å². The van der Waals surface area contributed by atoms with Crippen LogP contribution in [0.15, 0.2) is 48.2 Å². The van der Waals surface area contributed by atoms with Crippen molar-refractivity contribution in [2.24, 2.45) is 0 Å². The van der Waals surface area contributed by atoms with Crippen molar-refractivity contribution in [2.45, 2.75) is 6.92 Å². The second kappa shape index (κ2) is 5.91. The van der Waals surface area contributed by atoms with Gasteiger partial charge in [0.25, 0.3) is 0 Å². The molecule has 0 aliphatic rings. The molecule has 0 bridgehead atoms. The summed E-state index contributed by atoms with van der Waals surface area (Å²) in [5.41, 5.74) is 1.77. The van der Waals surface area contributed by atoms with Gasteiger partial charge in [0.15, 0.2) is 5.78 Å². The summed E-state index contributed by atoms with van der Waals surface area (Å²) in [7, 11) is 3.80. The minimum absolute atomic E-state index is 0.0394. The molecule has 0 atom stereocenters. The maximum Gasteiger partial charge on any atom is 0.182 e. The van der Waals surface area contributed by atoms with Crippen LogP contribution in [-0.2, 0) is 4.79 Å². The third-order valence-corrected chi connectivity index (χ3v) is 2.07. The summed E-state index contributed by atoms with van der Waals surface area (Å²) >= 11 is 0. The molecule has 0 heterocycles. The van der Waals surface area contributed by atoms with E-state index < -0.39 is 0 Å². The molecule has 0 radical (unpaired) electrons. The number of ketones is 1. The Morgan fingerprint density at radius 1 is 1.19 bits per heavy atom. The third-order valence-electron chi connectivity index (χ3n) is 2.07. The van der Waals surface area contributed by atoms with Crippen LogP contribution in [0.4, 0.5) is 0 Å². The number of carbonyl (C=O) groups excluding carboxylic acids is 1. The molecule has 16 heavy (non-hydrogen) atoms. The highest BCUT2D eigenvalue weighted by molar-refractivity contribution is 6.05. The highest BCUT2D eigenvalue weighted by atomic mass is 16.1. The van der Waals surface area contributed by atoms with Crippen LogP contribution >= 0.6 is 0 Å². The van der Waals surface area contributed by atoms with Gasteiger partial charge in [0.05, 0.1) is 0 Å². The number of rotatable bonds is 4. The highest BCUT2D eigenvalue weighted by Crippen LogP contribution is 2.03. The molecule has 0 saturated heterocycles. The largest absolute Gasteiger partial charge is 0.383 e. The van der Waals surface area contributed by atoms with E-state index in [2.05, 4.69) is 0 Å². The molecule has 1 aromatic rings. The summed E-state index contributed by atoms with van der Waals surface area (Å²) in [5, 5.41) is 0. The van der Waals surface area contributed by atoms with Crippen molar-refractivity contribution < 1.29 is 4.79 Å². The van der Waals surface area contributed by atoms with E-state index in [0.29, 0.717) is 0 Å². The van der Waals surface area contributed by atoms with E-state index >= 15 is 0 Å². The van der Waals surface area contributed by atoms with Crippen LogP contribution in [0.25, 0.3) is 6.08 Å². The van der Waals surface area contributed by atoms with E-state index in [0.717, 1.165) is 11.1 Å². The lowest BCUT2D eigenvalue weighted by Gasteiger charge is -2.05. The van der Waals surface area contributed by atoms with E-state index in [1.54, 1.807) is 6.08 Å². The van der Waals surface area contributed by atoms with Crippen LogP contribution in [0.5, 0.6) is 0 Å². The summed E-state index contributed by atoms with van der Waals surface area (Å²) in [4.78, 5) is 13.5. The van der Waals surface area contributed by atoms with Crippen LogP contribution in [0, 0.1) is 0 Å². The van der Waals surface area contributed by atoms with Crippen molar-refractivity contribution in [3.63, 3.8) is 0 Å². The quantitative estimate of drug-likeness (QED) is 0.720. The molecule has 0 saturated carbocycles. The lowest BCUT2D eigenvalue weighted by molar-refractivity contribution is -0.111. The normalized spacial score (nSPS) is 11.8. The zero-order valence-corrected chi connectivity index (χ0v) is 9.97. The molecular weight excluding hydrogens is 198 g/mol. The predicted molar refractivity (Wildman–Crippen MR) is 67.9 cm³/mol. The number of nitrogens with zero attached hydrogens (tertiary/aromatic N) is 1. The predicted octanol–water partition coefficient (Wildman–Crippen LogP) is 2.73. The van der Waals surface area contributed by atoms with Crippen LogP contribution in [-0.4, -0.2) is 24.8 Å². The second-order valence-corrected chi connectivity index (χ2v) is 3.88. The molecule has 0 amide bonds. The first kappa shape index (κ1) is 12.2. The van der Waals surface area contributed by atoms with Crippen molar-refractivity contribution in [3.05, 3.63) is 53.7 Å². The van der Waals surface area contributed by atoms with Gasteiger partial charge in [-0.1, -0.05) is 36.4 Å². The van der Waals surface area contributed by atoms with Crippen molar-refractivity contribution in [2.75, 3.05) is 14.1 Å². The molecular formula is C14H17NO. The number of allylic oxidation sites excluding steroid dienone is 2. The maximum atomic E-state index is 11.7. The minimum Gasteiger partial charge on any atom is -0.383 e. The van der Waals surface area contributed by atoms with E-state index in [9.17, 15) is 4.79 Å². The Kier molecular flexibility index (Phi) is 4.52. The average Bonchev–Trinajstić information content (AvgIpc) is 2.26. The molecule has 84 valence electrons. The van der Waals surface area contributed by atoms with Crippen molar-refractivity contribution in [1.82, 2.24) is 4.90 Å². The zero-order valence-electron chi connectivity index (χ0n) is 9.97. The third kappa shape index (κ3) is 4.13. The van der Waals surface area contributed by atoms with E-state index in [4.69, 9.17) is 0 Å². The van der Waals surface area contributed by atoms with Gasteiger partial charge in [-0.2, -0.15) is 0 Å². The number of benzene rings is 1. The lowest BCUT2D eigenvalue weighted by atomic mass is 10.1. The van der Waals surface area contributed by atoms with Gasteiger partial charge in [0, 0.05) is 25.9 Å². The number of hydrogen-bond donors (Lipinski definition) is 0. The number of carbonyl (C=O) groups is 1. The van der Waals surface area contributed by atoms with E-state index in [-0.39, 0.29) is 5.78 Å². The highest BCUT2D eigenvalue weighted by Gasteiger charge is 1.99. The summed E-state index contributed by atoms with van der Waals surface area (Å²) < 4.78 is 0. The Morgan fingerprint density at radius 2 is 1.81 bits per heavy atom. The van der Waals surface area contributed by atoms with Gasteiger partial charge in [-0.15, -0.1) is 0 Å². The smallest absolute Gasteiger partial charge is 0.182 e. The van der Waals surface area contributed by atoms with Gasteiger partial charge in [0.1, 0.15) is 0 Å². The van der Waals surface area contributed by atoms with Gasteiger partial charge < -0.3 is 4.90 Å². The molecule has 1 rings (SSSR count). The Hall–Kier alpha value is -1.83. The Labute approximate surface area is 96.9 Å². The zero-order chi connectivity index (χ0) is 12.0. The van der Waals surface area contributed by atoms with Gasteiger partial charge >= 0.3 is 0 Å². The molecule has 0 fully saturated rings. The SMILES string of the molecule is C/C(=C\N(C)C)C(=O)/C=C/c1ccccc1. The maximum absolute atomic E-state index is 11.7. The molecule has 0 spiro atoms. The second-order valence-electron chi connectivity index (χ2n) is 3.88. The first-order valence-corrected chi connectivity index (χ1v) is 5.22. The Balaban J connectivity index is 2.68. The molecule has 0 aliphatic heterocycles. The average molecular weight is 215 g/mol. The van der Waals surface area contributed by atoms with Crippen LogP contribution in [0.1, 0.15) is 12.5 Å². The molecule has 0 unspecified atom stereocenters. The molecule has 1 aromatic carbocycles. The monoisotopic (exact) mass is 215 g/mol. The van der Waals surface area contributed by atoms with Gasteiger partial charge in [0.2, 0.25) is 0 Å². The standard InChI is InChI=1S/C14H17NO/c1-12(11-15(2)3)14(16)10-9-13-7-5-4-6-8-13/h4-11H,1-3H3/b10-9+,12-11+. The first-order valence-electron chi connectivity index (χ1n) is 5.22. The van der Waals surface area contributed by atoms with Gasteiger partial charge in [-0.3, -0.25) is 4.79 Å². The van der Waals surface area contributed by atoms with Crippen LogP contribution in [0.3, 0.4) is 0 Å². The van der Waals surface area contributed by atoms with Crippen LogP contribution in [0.2, 0.25) is 0 Å². The van der Waals surface area contributed by atoms with E-state index in [1.165, 1.54) is 0 Å². The van der Waals surface area contributed by atoms with Crippen molar-refractivity contribution in [1.29, 1.82) is 0 Å². The van der Waals surface area contributed by atoms with Crippen molar-refractivity contribution in [3.8, 4) is 0 Å². The fourth-order valence-corrected chi connectivity index (χ4v) is 1.32.